The van der Waals surface area contributed by atoms with Gasteiger partial charge in [0.2, 0.25) is 0 Å². The third kappa shape index (κ3) is 9.52. The van der Waals surface area contributed by atoms with Gasteiger partial charge in [-0.2, -0.15) is 0 Å². The van der Waals surface area contributed by atoms with Gasteiger partial charge in [-0.15, -0.1) is 0 Å². The zero-order valence-electron chi connectivity index (χ0n) is 23.7. The number of methoxy groups -OCH3 is 2. The fraction of sp³-hybridized carbons (Fsp3) is 0.636. The molecule has 1 aliphatic heterocycles. The Morgan fingerprint density at radius 1 is 0.784 bits per heavy atom. The maximum Gasteiger partial charge on any atom is 0.161 e. The molecule has 0 aromatic heterocycles. The number of hydrogen-bond donors (Lipinski definition) is 0. The predicted molar refractivity (Wildman–Crippen MR) is 158 cm³/mol. The first-order chi connectivity index (χ1) is 18.2. The third-order valence-electron chi connectivity index (χ3n) is 8.03. The molecule has 1 aliphatic rings. The summed E-state index contributed by atoms with van der Waals surface area (Å²) in [5, 5.41) is 0.861. The molecular weight excluding hydrogens is 478 g/mol. The number of rotatable bonds is 18. The van der Waals surface area contributed by atoms with Gasteiger partial charge in [0.05, 0.1) is 14.2 Å². The largest absolute Gasteiger partial charge is 0.493 e. The molecule has 3 rings (SSSR count). The summed E-state index contributed by atoms with van der Waals surface area (Å²) in [6.07, 6.45) is 20.2. The van der Waals surface area contributed by atoms with Crippen LogP contribution in [0.15, 0.2) is 36.4 Å². The lowest BCUT2D eigenvalue weighted by Gasteiger charge is -2.38. The van der Waals surface area contributed by atoms with Gasteiger partial charge in [-0.1, -0.05) is 120 Å². The smallest absolute Gasteiger partial charge is 0.161 e. The Balaban J connectivity index is 1.50. The normalized spacial score (nSPS) is 15.5. The lowest BCUT2D eigenvalue weighted by atomic mass is 9.88. The minimum atomic E-state index is 0.382. The van der Waals surface area contributed by atoms with Crippen molar-refractivity contribution in [1.82, 2.24) is 4.90 Å². The van der Waals surface area contributed by atoms with Crippen LogP contribution in [0, 0.1) is 0 Å². The van der Waals surface area contributed by atoms with E-state index in [0.717, 1.165) is 36.0 Å². The summed E-state index contributed by atoms with van der Waals surface area (Å²) < 4.78 is 11.3. The summed E-state index contributed by atoms with van der Waals surface area (Å²) >= 11 is 6.55. The Hall–Kier alpha value is -1.71. The number of benzene rings is 2. The van der Waals surface area contributed by atoms with Crippen LogP contribution in [0.5, 0.6) is 11.5 Å². The molecule has 4 heteroatoms. The van der Waals surface area contributed by atoms with Gasteiger partial charge in [-0.25, -0.2) is 0 Å². The number of hydrogen-bond acceptors (Lipinski definition) is 3. The number of ether oxygens (including phenoxy) is 2. The number of nitrogens with zero attached hydrogens (tertiary/aromatic N) is 1. The molecule has 0 amide bonds. The highest BCUT2D eigenvalue weighted by Crippen LogP contribution is 2.41. The number of unbranched alkanes of at least 4 members (excludes halogenated alkanes) is 12. The van der Waals surface area contributed by atoms with E-state index < -0.39 is 0 Å². The Bertz CT molecular complexity index is 915. The van der Waals surface area contributed by atoms with Crippen molar-refractivity contribution >= 4 is 11.6 Å². The van der Waals surface area contributed by atoms with Crippen molar-refractivity contribution in [2.45, 2.75) is 116 Å². The molecule has 0 radical (unpaired) electrons. The lowest BCUT2D eigenvalue weighted by molar-refractivity contribution is 0.163. The second-order valence-corrected chi connectivity index (χ2v) is 11.2. The molecule has 0 saturated heterocycles. The molecule has 1 heterocycles. The van der Waals surface area contributed by atoms with Crippen LogP contribution in [-0.2, 0) is 13.0 Å². The maximum absolute atomic E-state index is 6.55. The van der Waals surface area contributed by atoms with Crippen LogP contribution in [0.4, 0.5) is 0 Å². The summed E-state index contributed by atoms with van der Waals surface area (Å²) in [4.78, 5) is 2.62. The van der Waals surface area contributed by atoms with E-state index in [1.165, 1.54) is 107 Å². The van der Waals surface area contributed by atoms with Gasteiger partial charge >= 0.3 is 0 Å². The molecule has 2 aromatic carbocycles. The molecule has 1 atom stereocenters. The Labute approximate surface area is 231 Å². The number of halogens is 1. The third-order valence-corrected chi connectivity index (χ3v) is 8.39. The van der Waals surface area contributed by atoms with Crippen molar-refractivity contribution in [3.8, 4) is 11.5 Å². The SMILES string of the molecule is CCCCCCCCCCCCCCCC1c2cc(OC)c(OC)cc2CCN1Cc1ccccc1Cl. The van der Waals surface area contributed by atoms with Crippen LogP contribution in [0.2, 0.25) is 5.02 Å². The van der Waals surface area contributed by atoms with Crippen molar-refractivity contribution in [1.29, 1.82) is 0 Å². The molecule has 3 nitrogen and oxygen atoms in total. The summed E-state index contributed by atoms with van der Waals surface area (Å²) in [6, 6.07) is 13.1. The summed E-state index contributed by atoms with van der Waals surface area (Å²) in [5.41, 5.74) is 4.01. The van der Waals surface area contributed by atoms with E-state index >= 15 is 0 Å². The predicted octanol–water partition coefficient (Wildman–Crippen LogP) is 9.94. The summed E-state index contributed by atoms with van der Waals surface area (Å²) in [7, 11) is 3.46. The zero-order valence-corrected chi connectivity index (χ0v) is 24.5. The van der Waals surface area contributed by atoms with E-state index in [9.17, 15) is 0 Å². The fourth-order valence-electron chi connectivity index (χ4n) is 5.81. The first-order valence-corrected chi connectivity index (χ1v) is 15.3. The topological polar surface area (TPSA) is 21.7 Å². The minimum absolute atomic E-state index is 0.382. The zero-order chi connectivity index (χ0) is 26.3. The lowest BCUT2D eigenvalue weighted by Crippen LogP contribution is -2.35. The molecule has 1 unspecified atom stereocenters. The van der Waals surface area contributed by atoms with E-state index in [-0.39, 0.29) is 0 Å². The van der Waals surface area contributed by atoms with E-state index in [4.69, 9.17) is 21.1 Å². The minimum Gasteiger partial charge on any atom is -0.493 e. The number of fused-ring (bicyclic) bond motifs is 1. The highest BCUT2D eigenvalue weighted by Gasteiger charge is 2.29. The quantitative estimate of drug-likeness (QED) is 0.180. The molecule has 37 heavy (non-hydrogen) atoms. The second-order valence-electron chi connectivity index (χ2n) is 10.8. The van der Waals surface area contributed by atoms with Crippen LogP contribution in [0.25, 0.3) is 0 Å². The first-order valence-electron chi connectivity index (χ1n) is 14.9. The van der Waals surface area contributed by atoms with Crippen molar-refractivity contribution in [3.63, 3.8) is 0 Å². The second kappa shape index (κ2) is 17.0. The molecule has 206 valence electrons. The average molecular weight is 528 g/mol. The summed E-state index contributed by atoms with van der Waals surface area (Å²) in [5.74, 6) is 1.66. The molecule has 0 bridgehead atoms. The fourth-order valence-corrected chi connectivity index (χ4v) is 6.00. The van der Waals surface area contributed by atoms with Gasteiger partial charge in [0.1, 0.15) is 0 Å². The monoisotopic (exact) mass is 527 g/mol. The van der Waals surface area contributed by atoms with Crippen molar-refractivity contribution < 1.29 is 9.47 Å². The van der Waals surface area contributed by atoms with Gasteiger partial charge in [0, 0.05) is 24.2 Å². The average Bonchev–Trinajstić information content (AvgIpc) is 2.92. The molecule has 0 fully saturated rings. The van der Waals surface area contributed by atoms with Gasteiger partial charge in [0.15, 0.2) is 11.5 Å². The van der Waals surface area contributed by atoms with E-state index in [0.29, 0.717) is 6.04 Å². The molecule has 2 aromatic rings. The van der Waals surface area contributed by atoms with Crippen LogP contribution >= 0.6 is 11.6 Å². The van der Waals surface area contributed by atoms with Gasteiger partial charge in [0.25, 0.3) is 0 Å². The van der Waals surface area contributed by atoms with Gasteiger partial charge < -0.3 is 9.47 Å². The van der Waals surface area contributed by atoms with E-state index in [2.05, 4.69) is 36.1 Å². The van der Waals surface area contributed by atoms with Crippen LogP contribution in [-0.4, -0.2) is 25.7 Å². The molecule has 0 saturated carbocycles. The standard InChI is InChI=1S/C33H50ClNO2/c1-4-5-6-7-8-9-10-11-12-13-14-15-16-21-31-29-25-33(37-3)32(36-2)24-27(29)22-23-35(31)26-28-19-17-18-20-30(28)34/h17-20,24-25,31H,4-16,21-23,26H2,1-3H3. The molecule has 0 aliphatic carbocycles. The Kier molecular flexibility index (Phi) is 13.7. The molecule has 0 spiro atoms. The van der Waals surface area contributed by atoms with Crippen molar-refractivity contribution in [3.05, 3.63) is 58.1 Å². The van der Waals surface area contributed by atoms with Crippen molar-refractivity contribution in [2.75, 3.05) is 20.8 Å². The molecule has 0 N–H and O–H groups in total. The van der Waals surface area contributed by atoms with Crippen LogP contribution in [0.3, 0.4) is 0 Å². The first kappa shape index (κ1) is 29.8. The maximum atomic E-state index is 6.55. The Morgan fingerprint density at radius 2 is 1.35 bits per heavy atom. The molecular formula is C33H50ClNO2. The van der Waals surface area contributed by atoms with Gasteiger partial charge in [-0.05, 0) is 47.7 Å². The van der Waals surface area contributed by atoms with Gasteiger partial charge in [-0.3, -0.25) is 4.90 Å². The van der Waals surface area contributed by atoms with Crippen LogP contribution in [0.1, 0.15) is 120 Å². The summed E-state index contributed by atoms with van der Waals surface area (Å²) in [6.45, 7) is 4.22. The Morgan fingerprint density at radius 3 is 1.95 bits per heavy atom. The van der Waals surface area contributed by atoms with Crippen molar-refractivity contribution in [2.24, 2.45) is 0 Å². The van der Waals surface area contributed by atoms with E-state index in [1.807, 2.05) is 12.1 Å². The highest BCUT2D eigenvalue weighted by atomic mass is 35.5. The van der Waals surface area contributed by atoms with E-state index in [1.54, 1.807) is 14.2 Å². The highest BCUT2D eigenvalue weighted by molar-refractivity contribution is 6.31. The van der Waals surface area contributed by atoms with Crippen LogP contribution < -0.4 is 9.47 Å².